The Hall–Kier alpha value is 0.0831. The molecule has 23 heavy (non-hydrogen) atoms. The first-order chi connectivity index (χ1) is 9.75. The average molecular weight is 550 g/mol. The number of benzene rings is 2. The van der Waals surface area contributed by atoms with Gasteiger partial charge in [-0.2, -0.15) is 0 Å². The molecule has 0 saturated heterocycles. The Morgan fingerprint density at radius 1 is 0.609 bits per heavy atom. The van der Waals surface area contributed by atoms with E-state index in [9.17, 15) is 0 Å². The summed E-state index contributed by atoms with van der Waals surface area (Å²) >= 11 is 6.93. The second-order valence-corrected chi connectivity index (χ2v) is 6.25. The van der Waals surface area contributed by atoms with E-state index in [0.29, 0.717) is 0 Å². The van der Waals surface area contributed by atoms with Gasteiger partial charge in [0.15, 0.2) is 0 Å². The molecule has 0 saturated carbocycles. The van der Waals surface area contributed by atoms with E-state index in [1.807, 2.05) is 12.1 Å². The maximum atomic E-state index is 3.47. The molecule has 5 heteroatoms. The van der Waals surface area contributed by atoms with Gasteiger partial charge in [0, 0.05) is 0 Å². The summed E-state index contributed by atoms with van der Waals surface area (Å²) in [6.45, 7) is 0. The van der Waals surface area contributed by atoms with Crippen LogP contribution in [-0.4, -0.2) is 0 Å². The number of hydrogen-bond donors (Lipinski definition) is 0. The zero-order valence-electron chi connectivity index (χ0n) is 11.9. The van der Waals surface area contributed by atoms with Crippen LogP contribution in [0.4, 0.5) is 0 Å². The Labute approximate surface area is 184 Å². The summed E-state index contributed by atoms with van der Waals surface area (Å²) in [7, 11) is 0. The summed E-state index contributed by atoms with van der Waals surface area (Å²) in [6.07, 6.45) is 0. The van der Waals surface area contributed by atoms with Crippen molar-refractivity contribution in [2.24, 2.45) is 0 Å². The molecule has 0 atom stereocenters. The predicted octanol–water partition coefficient (Wildman–Crippen LogP) is 0.648. The van der Waals surface area contributed by atoms with Gasteiger partial charge in [-0.05, 0) is 0 Å². The third kappa shape index (κ3) is 5.54. The first kappa shape index (κ1) is 23.1. The number of fused-ring (bicyclic) bond motifs is 2. The molecule has 0 spiro atoms. The minimum absolute atomic E-state index is 0. The van der Waals surface area contributed by atoms with Crippen molar-refractivity contribution >= 4 is 53.4 Å². The van der Waals surface area contributed by atoms with E-state index in [2.05, 4.69) is 92.5 Å². The van der Waals surface area contributed by atoms with Gasteiger partial charge in [0.1, 0.15) is 0 Å². The zero-order chi connectivity index (χ0) is 13.9. The van der Waals surface area contributed by atoms with Crippen LogP contribution in [0.3, 0.4) is 0 Å². The smallest absolute Gasteiger partial charge is 1.00 e. The summed E-state index contributed by atoms with van der Waals surface area (Å²) in [5, 5.41) is 5.19. The van der Waals surface area contributed by atoms with Gasteiger partial charge in [-0.3, -0.25) is 0 Å². The Kier molecular flexibility index (Phi) is 10.9. The maximum absolute atomic E-state index is 3.47. The van der Waals surface area contributed by atoms with Crippen LogP contribution in [0, 0.1) is 0 Å². The van der Waals surface area contributed by atoms with Gasteiger partial charge in [-0.25, -0.2) is 0 Å². The van der Waals surface area contributed by atoms with E-state index in [-0.39, 0.29) is 51.0 Å². The largest absolute Gasteiger partial charge is 4.00 e. The van der Waals surface area contributed by atoms with Crippen LogP contribution in [-0.2, 0) is 26.2 Å². The fraction of sp³-hybridized carbons (Fsp3) is 0. The van der Waals surface area contributed by atoms with Crippen molar-refractivity contribution in [2.45, 2.75) is 0 Å². The Bertz CT molecular complexity index is 780. The standard InChI is InChI=1S/2C9H6Br.2ClH.Zr/c2*10-9-6-5-7-3-1-2-4-8(7)9;;;/h2*1-6H;2*1H;/q2*-1;;;+4/p-2. The van der Waals surface area contributed by atoms with Gasteiger partial charge < -0.3 is 24.8 Å². The molecule has 0 heterocycles. The molecule has 0 N–H and O–H groups in total. The predicted molar refractivity (Wildman–Crippen MR) is 94.5 cm³/mol. The molecule has 0 aliphatic rings. The van der Waals surface area contributed by atoms with E-state index in [4.69, 9.17) is 0 Å². The first-order valence-electron chi connectivity index (χ1n) is 6.35. The van der Waals surface area contributed by atoms with Gasteiger partial charge in [0.25, 0.3) is 0 Å². The van der Waals surface area contributed by atoms with Gasteiger partial charge >= 0.3 is 26.2 Å². The van der Waals surface area contributed by atoms with Crippen molar-refractivity contribution in [3.63, 3.8) is 0 Å². The molecule has 0 bridgehead atoms. The SMILES string of the molecule is Brc1c[cH-]c2ccccc12.Brc1c[cH-]c2ccccc12.[Cl-].[Cl-].[Zr+4]. The molecule has 4 aromatic carbocycles. The Morgan fingerprint density at radius 2 is 0.957 bits per heavy atom. The van der Waals surface area contributed by atoms with Crippen LogP contribution in [0.2, 0.25) is 0 Å². The fourth-order valence-electron chi connectivity index (χ4n) is 2.23. The number of rotatable bonds is 0. The minimum atomic E-state index is 0. The van der Waals surface area contributed by atoms with E-state index in [1.54, 1.807) is 0 Å². The zero-order valence-corrected chi connectivity index (χ0v) is 19.1. The van der Waals surface area contributed by atoms with Crippen LogP contribution in [0.1, 0.15) is 0 Å². The Morgan fingerprint density at radius 3 is 1.30 bits per heavy atom. The molecule has 116 valence electrons. The van der Waals surface area contributed by atoms with Gasteiger partial charge in [-0.15, -0.1) is 114 Å². The molecular formula is C18H12Br2Cl2Zr. The normalized spacial score (nSPS) is 9.13. The average Bonchev–Trinajstić information content (AvgIpc) is 3.05. The molecule has 0 aliphatic carbocycles. The van der Waals surface area contributed by atoms with Crippen molar-refractivity contribution in [1.29, 1.82) is 0 Å². The third-order valence-corrected chi connectivity index (χ3v) is 4.64. The fourth-order valence-corrected chi connectivity index (χ4v) is 3.21. The van der Waals surface area contributed by atoms with Crippen molar-refractivity contribution in [3.05, 3.63) is 81.7 Å². The molecule has 4 rings (SSSR count). The van der Waals surface area contributed by atoms with Crippen molar-refractivity contribution in [1.82, 2.24) is 0 Å². The van der Waals surface area contributed by atoms with Crippen LogP contribution >= 0.6 is 31.9 Å². The topological polar surface area (TPSA) is 0 Å². The monoisotopic (exact) mass is 546 g/mol. The van der Waals surface area contributed by atoms with Crippen molar-refractivity contribution < 1.29 is 51.0 Å². The van der Waals surface area contributed by atoms with Gasteiger partial charge in [0.2, 0.25) is 0 Å². The summed E-state index contributed by atoms with van der Waals surface area (Å²) < 4.78 is 2.37. The van der Waals surface area contributed by atoms with Crippen LogP contribution in [0.15, 0.2) is 81.7 Å². The Balaban J connectivity index is 0.000000372. The van der Waals surface area contributed by atoms with Crippen molar-refractivity contribution in [2.75, 3.05) is 0 Å². The molecule has 4 aromatic rings. The van der Waals surface area contributed by atoms with Crippen LogP contribution < -0.4 is 24.8 Å². The number of hydrogen-bond acceptors (Lipinski definition) is 0. The maximum Gasteiger partial charge on any atom is 4.00 e. The summed E-state index contributed by atoms with van der Waals surface area (Å²) in [5.74, 6) is 0. The van der Waals surface area contributed by atoms with E-state index in [1.165, 1.54) is 30.5 Å². The first-order valence-corrected chi connectivity index (χ1v) is 7.94. The molecular weight excluding hydrogens is 538 g/mol. The quantitative estimate of drug-likeness (QED) is 0.283. The summed E-state index contributed by atoms with van der Waals surface area (Å²) in [6, 6.07) is 25.0. The molecule has 0 radical (unpaired) electrons. The molecule has 0 amide bonds. The van der Waals surface area contributed by atoms with Gasteiger partial charge in [0.05, 0.1) is 0 Å². The third-order valence-electron chi connectivity index (χ3n) is 3.25. The summed E-state index contributed by atoms with van der Waals surface area (Å²) in [5.41, 5.74) is 0. The second-order valence-electron chi connectivity index (χ2n) is 4.54. The minimum Gasteiger partial charge on any atom is -1.00 e. The van der Waals surface area contributed by atoms with E-state index in [0.717, 1.165) is 0 Å². The molecule has 0 nitrogen and oxygen atoms in total. The summed E-state index contributed by atoms with van der Waals surface area (Å²) in [4.78, 5) is 0. The molecule has 0 unspecified atom stereocenters. The van der Waals surface area contributed by atoms with Gasteiger partial charge in [-0.1, -0.05) is 21.1 Å². The van der Waals surface area contributed by atoms with E-state index >= 15 is 0 Å². The molecule has 0 aliphatic heterocycles. The molecule has 0 fully saturated rings. The van der Waals surface area contributed by atoms with Crippen LogP contribution in [0.25, 0.3) is 21.5 Å². The van der Waals surface area contributed by atoms with E-state index < -0.39 is 0 Å². The second kappa shape index (κ2) is 10.8. The number of halogens is 4. The molecule has 0 aromatic heterocycles. The van der Waals surface area contributed by atoms with Crippen LogP contribution in [0.5, 0.6) is 0 Å². The van der Waals surface area contributed by atoms with Crippen molar-refractivity contribution in [3.8, 4) is 0 Å².